The van der Waals surface area contributed by atoms with E-state index in [1.807, 2.05) is 0 Å². The maximum absolute atomic E-state index is 11.7. The van der Waals surface area contributed by atoms with Gasteiger partial charge in [0, 0.05) is 0 Å². The van der Waals surface area contributed by atoms with Crippen molar-refractivity contribution in [2.75, 3.05) is 0 Å². The van der Waals surface area contributed by atoms with Crippen molar-refractivity contribution in [3.8, 4) is 0 Å². The molecule has 94 valence electrons. The molecule has 0 spiro atoms. The summed E-state index contributed by atoms with van der Waals surface area (Å²) >= 11 is 5.76. The van der Waals surface area contributed by atoms with E-state index in [1.54, 1.807) is 13.8 Å². The van der Waals surface area contributed by atoms with Gasteiger partial charge in [-0.25, -0.2) is 13.2 Å². The average Bonchev–Trinajstić information content (AvgIpc) is 2.15. The quantitative estimate of drug-likeness (QED) is 0.916. The molecule has 0 unspecified atom stereocenters. The Morgan fingerprint density at radius 1 is 1.41 bits per heavy atom. The van der Waals surface area contributed by atoms with Crippen molar-refractivity contribution in [1.29, 1.82) is 0 Å². The lowest BCUT2D eigenvalue weighted by Crippen LogP contribution is -2.16. The van der Waals surface area contributed by atoms with Crippen molar-refractivity contribution in [1.82, 2.24) is 0 Å². The first-order valence-electron chi connectivity index (χ1n) is 4.97. The van der Waals surface area contributed by atoms with Crippen molar-refractivity contribution in [2.45, 2.75) is 24.9 Å². The molecule has 1 N–H and O–H groups in total. The number of benzene rings is 1. The molecule has 1 aromatic rings. The van der Waals surface area contributed by atoms with E-state index in [4.69, 9.17) is 16.7 Å². The number of sulfone groups is 1. The summed E-state index contributed by atoms with van der Waals surface area (Å²) in [4.78, 5) is 10.7. The Kier molecular flexibility index (Phi) is 4.16. The number of rotatable bonds is 4. The van der Waals surface area contributed by atoms with Gasteiger partial charge in [-0.05, 0) is 31.5 Å². The zero-order valence-electron chi connectivity index (χ0n) is 9.47. The van der Waals surface area contributed by atoms with Gasteiger partial charge >= 0.3 is 5.97 Å². The minimum atomic E-state index is -3.21. The molecular formula is C11H13ClO4S. The van der Waals surface area contributed by atoms with E-state index in [-0.39, 0.29) is 16.3 Å². The molecule has 0 aliphatic rings. The molecule has 0 aliphatic carbocycles. The Morgan fingerprint density at radius 3 is 2.41 bits per heavy atom. The molecule has 0 heterocycles. The second-order valence-corrected chi connectivity index (χ2v) is 6.94. The summed E-state index contributed by atoms with van der Waals surface area (Å²) in [6.45, 7) is 3.20. The number of halogens is 1. The number of aromatic carboxylic acids is 1. The van der Waals surface area contributed by atoms with Crippen LogP contribution in [0.25, 0.3) is 0 Å². The molecule has 0 atom stereocenters. The third-order valence-electron chi connectivity index (χ3n) is 2.35. The van der Waals surface area contributed by atoms with E-state index in [1.165, 1.54) is 18.2 Å². The third-order valence-corrected chi connectivity index (χ3v) is 4.83. The zero-order valence-corrected chi connectivity index (χ0v) is 11.0. The molecule has 0 aliphatic heterocycles. The van der Waals surface area contributed by atoms with E-state index in [0.29, 0.717) is 5.56 Å². The van der Waals surface area contributed by atoms with E-state index in [0.717, 1.165) is 0 Å². The van der Waals surface area contributed by atoms with Gasteiger partial charge in [-0.1, -0.05) is 17.7 Å². The fraction of sp³-hybridized carbons (Fsp3) is 0.364. The SMILES string of the molecule is CC(C)S(=O)(=O)Cc1ccc(C(=O)O)c(Cl)c1. The molecule has 0 fully saturated rings. The largest absolute Gasteiger partial charge is 0.478 e. The first-order chi connectivity index (χ1) is 7.74. The van der Waals surface area contributed by atoms with Gasteiger partial charge in [-0.2, -0.15) is 0 Å². The predicted molar refractivity (Wildman–Crippen MR) is 66.2 cm³/mol. The van der Waals surface area contributed by atoms with Crippen molar-refractivity contribution in [2.24, 2.45) is 0 Å². The van der Waals surface area contributed by atoms with Gasteiger partial charge in [0.2, 0.25) is 0 Å². The van der Waals surface area contributed by atoms with Crippen LogP contribution in [0.3, 0.4) is 0 Å². The lowest BCUT2D eigenvalue weighted by atomic mass is 10.1. The predicted octanol–water partition coefficient (Wildman–Crippen LogP) is 2.36. The summed E-state index contributed by atoms with van der Waals surface area (Å²) in [5.41, 5.74) is 0.464. The van der Waals surface area contributed by atoms with Crippen molar-refractivity contribution < 1.29 is 18.3 Å². The van der Waals surface area contributed by atoms with Crippen LogP contribution in [0, 0.1) is 0 Å². The standard InChI is InChI=1S/C11H13ClO4S/c1-7(2)17(15,16)6-8-3-4-9(11(13)14)10(12)5-8/h3-5,7H,6H2,1-2H3,(H,13,14). The smallest absolute Gasteiger partial charge is 0.337 e. The number of hydrogen-bond acceptors (Lipinski definition) is 3. The molecule has 4 nitrogen and oxygen atoms in total. The Bertz CT molecular complexity index is 534. The van der Waals surface area contributed by atoms with Crippen molar-refractivity contribution in [3.05, 3.63) is 34.3 Å². The minimum Gasteiger partial charge on any atom is -0.478 e. The summed E-state index contributed by atoms with van der Waals surface area (Å²) in [6, 6.07) is 4.16. The summed E-state index contributed by atoms with van der Waals surface area (Å²) in [5, 5.41) is 8.35. The second kappa shape index (κ2) is 5.06. The molecule has 6 heteroatoms. The minimum absolute atomic E-state index is 0.0302. The first kappa shape index (κ1) is 14.0. The highest BCUT2D eigenvalue weighted by Gasteiger charge is 2.18. The van der Waals surface area contributed by atoms with Gasteiger partial charge in [0.05, 0.1) is 21.6 Å². The summed E-state index contributed by atoms with van der Waals surface area (Å²) in [5.74, 6) is -1.27. The van der Waals surface area contributed by atoms with Crippen LogP contribution in [0.1, 0.15) is 29.8 Å². The van der Waals surface area contributed by atoms with Gasteiger partial charge in [0.1, 0.15) is 0 Å². The fourth-order valence-electron chi connectivity index (χ4n) is 1.22. The van der Waals surface area contributed by atoms with Crippen molar-refractivity contribution in [3.63, 3.8) is 0 Å². The van der Waals surface area contributed by atoms with E-state index >= 15 is 0 Å². The highest BCUT2D eigenvalue weighted by molar-refractivity contribution is 7.91. The van der Waals surface area contributed by atoms with Crippen LogP contribution >= 0.6 is 11.6 Å². The lowest BCUT2D eigenvalue weighted by molar-refractivity contribution is 0.0697. The van der Waals surface area contributed by atoms with Crippen LogP contribution in [0.4, 0.5) is 0 Å². The van der Waals surface area contributed by atoms with Crippen molar-refractivity contribution >= 4 is 27.4 Å². The van der Waals surface area contributed by atoms with Crippen LogP contribution in [0.2, 0.25) is 5.02 Å². The molecular weight excluding hydrogens is 264 g/mol. The number of carboxylic acids is 1. The molecule has 1 rings (SSSR count). The maximum Gasteiger partial charge on any atom is 0.337 e. The van der Waals surface area contributed by atoms with Crippen LogP contribution in [0.15, 0.2) is 18.2 Å². The van der Waals surface area contributed by atoms with Crippen LogP contribution in [-0.2, 0) is 15.6 Å². The second-order valence-electron chi connectivity index (χ2n) is 3.98. The molecule has 0 saturated carbocycles. The zero-order chi connectivity index (χ0) is 13.2. The molecule has 0 radical (unpaired) electrons. The van der Waals surface area contributed by atoms with Crippen LogP contribution < -0.4 is 0 Å². The highest BCUT2D eigenvalue weighted by atomic mass is 35.5. The maximum atomic E-state index is 11.7. The van der Waals surface area contributed by atoms with Gasteiger partial charge in [-0.3, -0.25) is 0 Å². The molecule has 1 aromatic carbocycles. The fourth-order valence-corrected chi connectivity index (χ4v) is 2.48. The number of carboxylic acid groups (broad SMARTS) is 1. The van der Waals surface area contributed by atoms with E-state index < -0.39 is 21.1 Å². The number of hydrogen-bond donors (Lipinski definition) is 1. The third kappa shape index (κ3) is 3.44. The van der Waals surface area contributed by atoms with Gasteiger partial charge in [0.15, 0.2) is 9.84 Å². The van der Waals surface area contributed by atoms with Crippen LogP contribution in [-0.4, -0.2) is 24.7 Å². The number of carbonyl (C=O) groups is 1. The van der Waals surface area contributed by atoms with Gasteiger partial charge in [-0.15, -0.1) is 0 Å². The average molecular weight is 277 g/mol. The summed E-state index contributed by atoms with van der Waals surface area (Å²) in [6.07, 6.45) is 0. The monoisotopic (exact) mass is 276 g/mol. The molecule has 0 bridgehead atoms. The molecule has 17 heavy (non-hydrogen) atoms. The molecule has 0 amide bonds. The van der Waals surface area contributed by atoms with Crippen LogP contribution in [0.5, 0.6) is 0 Å². The Morgan fingerprint density at radius 2 is 2.00 bits per heavy atom. The lowest BCUT2D eigenvalue weighted by Gasteiger charge is -2.08. The topological polar surface area (TPSA) is 71.4 Å². The molecule has 0 aromatic heterocycles. The Hall–Kier alpha value is -1.07. The molecule has 0 saturated heterocycles. The normalized spacial score (nSPS) is 11.8. The first-order valence-corrected chi connectivity index (χ1v) is 7.06. The summed E-state index contributed by atoms with van der Waals surface area (Å²) in [7, 11) is -3.21. The Labute approximate surface area is 105 Å². The van der Waals surface area contributed by atoms with Gasteiger partial charge in [0.25, 0.3) is 0 Å². The van der Waals surface area contributed by atoms with E-state index in [9.17, 15) is 13.2 Å². The van der Waals surface area contributed by atoms with Gasteiger partial charge < -0.3 is 5.11 Å². The Balaban J connectivity index is 3.04. The van der Waals surface area contributed by atoms with E-state index in [2.05, 4.69) is 0 Å². The summed E-state index contributed by atoms with van der Waals surface area (Å²) < 4.78 is 23.3. The highest BCUT2D eigenvalue weighted by Crippen LogP contribution is 2.20.